The fraction of sp³-hybridized carbons (Fsp3) is 0.571. The molecule has 0 fully saturated rings. The summed E-state index contributed by atoms with van der Waals surface area (Å²) in [6.45, 7) is 8.18. The Morgan fingerprint density at radius 2 is 2.11 bits per heavy atom. The number of hydrogen-bond acceptors (Lipinski definition) is 4. The molecule has 3 N–H and O–H groups in total. The SMILES string of the molecule is CCSCC(C)NC(=O)c1cc(N)nc(C(C)C)c1. The molecule has 1 unspecified atom stereocenters. The van der Waals surface area contributed by atoms with Crippen molar-refractivity contribution >= 4 is 23.5 Å². The fourth-order valence-electron chi connectivity index (χ4n) is 1.64. The molecule has 5 heteroatoms. The minimum atomic E-state index is -0.0831. The molecular weight excluding hydrogens is 258 g/mol. The van der Waals surface area contributed by atoms with E-state index in [2.05, 4.69) is 17.2 Å². The third kappa shape index (κ3) is 5.11. The summed E-state index contributed by atoms with van der Waals surface area (Å²) in [5.41, 5.74) is 7.19. The molecule has 19 heavy (non-hydrogen) atoms. The molecule has 1 atom stereocenters. The Morgan fingerprint density at radius 1 is 1.42 bits per heavy atom. The molecule has 0 bridgehead atoms. The van der Waals surface area contributed by atoms with Crippen LogP contribution in [0.5, 0.6) is 0 Å². The average Bonchev–Trinajstić information content (AvgIpc) is 2.35. The van der Waals surface area contributed by atoms with Crippen LogP contribution in [-0.2, 0) is 0 Å². The monoisotopic (exact) mass is 281 g/mol. The molecule has 0 saturated carbocycles. The number of thioether (sulfide) groups is 1. The van der Waals surface area contributed by atoms with Gasteiger partial charge >= 0.3 is 0 Å². The lowest BCUT2D eigenvalue weighted by Gasteiger charge is -2.14. The minimum absolute atomic E-state index is 0.0831. The van der Waals surface area contributed by atoms with Crippen LogP contribution in [0, 0.1) is 0 Å². The van der Waals surface area contributed by atoms with Crippen molar-refractivity contribution in [3.05, 3.63) is 23.4 Å². The van der Waals surface area contributed by atoms with Crippen molar-refractivity contribution < 1.29 is 4.79 Å². The Morgan fingerprint density at radius 3 is 2.68 bits per heavy atom. The Hall–Kier alpha value is -1.23. The fourth-order valence-corrected chi connectivity index (χ4v) is 2.32. The van der Waals surface area contributed by atoms with Gasteiger partial charge in [0.2, 0.25) is 0 Å². The molecule has 1 amide bonds. The Bertz CT molecular complexity index is 435. The maximum Gasteiger partial charge on any atom is 0.251 e. The number of aromatic nitrogens is 1. The Kier molecular flexibility index (Phi) is 6.15. The summed E-state index contributed by atoms with van der Waals surface area (Å²) in [5.74, 6) is 2.54. The van der Waals surface area contributed by atoms with Gasteiger partial charge in [0.25, 0.3) is 5.91 Å². The van der Waals surface area contributed by atoms with Crippen molar-refractivity contribution in [1.82, 2.24) is 10.3 Å². The van der Waals surface area contributed by atoms with Gasteiger partial charge in [-0.3, -0.25) is 4.79 Å². The summed E-state index contributed by atoms with van der Waals surface area (Å²) in [6, 6.07) is 3.59. The molecule has 0 aromatic carbocycles. The molecule has 0 aliphatic rings. The van der Waals surface area contributed by atoms with E-state index in [9.17, 15) is 4.79 Å². The van der Waals surface area contributed by atoms with Gasteiger partial charge in [-0.05, 0) is 30.7 Å². The molecular formula is C14H23N3OS. The molecule has 1 heterocycles. The molecule has 0 saturated heterocycles. The maximum atomic E-state index is 12.1. The smallest absolute Gasteiger partial charge is 0.251 e. The van der Waals surface area contributed by atoms with Crippen LogP contribution < -0.4 is 11.1 Å². The largest absolute Gasteiger partial charge is 0.384 e. The van der Waals surface area contributed by atoms with Crippen LogP contribution in [0.15, 0.2) is 12.1 Å². The van der Waals surface area contributed by atoms with Crippen LogP contribution in [0.4, 0.5) is 5.82 Å². The van der Waals surface area contributed by atoms with Gasteiger partial charge in [0.05, 0.1) is 0 Å². The standard InChI is InChI=1S/C14H23N3OS/c1-5-19-8-10(4)16-14(18)11-6-12(9(2)3)17-13(15)7-11/h6-7,9-10H,5,8H2,1-4H3,(H2,15,17)(H,16,18). The van der Waals surface area contributed by atoms with Gasteiger partial charge in [0, 0.05) is 23.1 Å². The van der Waals surface area contributed by atoms with E-state index in [1.165, 1.54) is 0 Å². The number of hydrogen-bond donors (Lipinski definition) is 2. The van der Waals surface area contributed by atoms with E-state index in [-0.39, 0.29) is 17.9 Å². The van der Waals surface area contributed by atoms with Gasteiger partial charge in [-0.1, -0.05) is 20.8 Å². The van der Waals surface area contributed by atoms with Crippen molar-refractivity contribution in [3.8, 4) is 0 Å². The summed E-state index contributed by atoms with van der Waals surface area (Å²) in [7, 11) is 0. The first kappa shape index (κ1) is 15.8. The van der Waals surface area contributed by atoms with Gasteiger partial charge in [0.15, 0.2) is 0 Å². The number of nitrogens with one attached hydrogen (secondary N) is 1. The van der Waals surface area contributed by atoms with E-state index in [4.69, 9.17) is 5.73 Å². The van der Waals surface area contributed by atoms with E-state index in [0.29, 0.717) is 11.4 Å². The molecule has 0 spiro atoms. The van der Waals surface area contributed by atoms with E-state index in [1.807, 2.05) is 38.6 Å². The van der Waals surface area contributed by atoms with Gasteiger partial charge in [-0.25, -0.2) is 4.98 Å². The first-order valence-corrected chi connectivity index (χ1v) is 7.75. The minimum Gasteiger partial charge on any atom is -0.384 e. The number of pyridine rings is 1. The summed E-state index contributed by atoms with van der Waals surface area (Å²) < 4.78 is 0. The number of nitrogen functional groups attached to an aromatic ring is 1. The second-order valence-electron chi connectivity index (χ2n) is 4.89. The molecule has 1 aromatic rings. The Labute approximate surface area is 119 Å². The number of nitrogens with zero attached hydrogens (tertiary/aromatic N) is 1. The number of rotatable bonds is 6. The summed E-state index contributed by atoms with van der Waals surface area (Å²) >= 11 is 1.81. The molecule has 0 aliphatic carbocycles. The highest BCUT2D eigenvalue weighted by atomic mass is 32.2. The van der Waals surface area contributed by atoms with Gasteiger partial charge in [-0.2, -0.15) is 11.8 Å². The topological polar surface area (TPSA) is 68.0 Å². The lowest BCUT2D eigenvalue weighted by molar-refractivity contribution is 0.0943. The van der Waals surface area contributed by atoms with E-state index in [0.717, 1.165) is 17.2 Å². The van der Waals surface area contributed by atoms with Crippen molar-refractivity contribution in [2.75, 3.05) is 17.2 Å². The second-order valence-corrected chi connectivity index (χ2v) is 6.21. The van der Waals surface area contributed by atoms with Crippen LogP contribution in [0.2, 0.25) is 0 Å². The van der Waals surface area contributed by atoms with Crippen molar-refractivity contribution in [2.45, 2.75) is 39.7 Å². The Balaban J connectivity index is 2.76. The molecule has 0 radical (unpaired) electrons. The summed E-state index contributed by atoms with van der Waals surface area (Å²) in [5, 5.41) is 2.98. The van der Waals surface area contributed by atoms with Crippen molar-refractivity contribution in [1.29, 1.82) is 0 Å². The molecule has 106 valence electrons. The van der Waals surface area contributed by atoms with Crippen molar-refractivity contribution in [2.24, 2.45) is 0 Å². The quantitative estimate of drug-likeness (QED) is 0.841. The van der Waals surface area contributed by atoms with E-state index in [1.54, 1.807) is 6.07 Å². The highest BCUT2D eigenvalue weighted by molar-refractivity contribution is 7.99. The lowest BCUT2D eigenvalue weighted by Crippen LogP contribution is -2.34. The molecule has 1 rings (SSSR count). The molecule has 4 nitrogen and oxygen atoms in total. The molecule has 1 aromatic heterocycles. The predicted octanol–water partition coefficient (Wildman–Crippen LogP) is 2.66. The average molecular weight is 281 g/mol. The van der Waals surface area contributed by atoms with Crippen LogP contribution >= 0.6 is 11.8 Å². The number of nitrogens with two attached hydrogens (primary N) is 1. The number of carbonyl (C=O) groups excluding carboxylic acids is 1. The first-order chi connectivity index (χ1) is 8.93. The maximum absolute atomic E-state index is 12.1. The van der Waals surface area contributed by atoms with Crippen LogP contribution in [0.25, 0.3) is 0 Å². The highest BCUT2D eigenvalue weighted by Crippen LogP contribution is 2.16. The van der Waals surface area contributed by atoms with Gasteiger partial charge < -0.3 is 11.1 Å². The van der Waals surface area contributed by atoms with E-state index < -0.39 is 0 Å². The second kappa shape index (κ2) is 7.38. The van der Waals surface area contributed by atoms with Crippen LogP contribution in [0.3, 0.4) is 0 Å². The van der Waals surface area contributed by atoms with Crippen molar-refractivity contribution in [3.63, 3.8) is 0 Å². The number of anilines is 1. The zero-order valence-electron chi connectivity index (χ0n) is 12.1. The zero-order valence-corrected chi connectivity index (χ0v) is 12.9. The third-order valence-corrected chi connectivity index (χ3v) is 3.81. The lowest BCUT2D eigenvalue weighted by atomic mass is 10.1. The number of amides is 1. The van der Waals surface area contributed by atoms with Crippen LogP contribution in [-0.4, -0.2) is 28.4 Å². The third-order valence-electron chi connectivity index (χ3n) is 2.67. The van der Waals surface area contributed by atoms with Crippen LogP contribution in [0.1, 0.15) is 49.7 Å². The normalized spacial score (nSPS) is 12.5. The van der Waals surface area contributed by atoms with Gasteiger partial charge in [0.1, 0.15) is 5.82 Å². The van der Waals surface area contributed by atoms with E-state index >= 15 is 0 Å². The summed E-state index contributed by atoms with van der Waals surface area (Å²) in [6.07, 6.45) is 0. The molecule has 0 aliphatic heterocycles. The first-order valence-electron chi connectivity index (χ1n) is 6.60. The van der Waals surface area contributed by atoms with Gasteiger partial charge in [-0.15, -0.1) is 0 Å². The zero-order chi connectivity index (χ0) is 14.4. The highest BCUT2D eigenvalue weighted by Gasteiger charge is 2.13. The summed E-state index contributed by atoms with van der Waals surface area (Å²) in [4.78, 5) is 16.4. The predicted molar refractivity (Wildman–Crippen MR) is 82.7 cm³/mol. The number of carbonyl (C=O) groups is 1.